The molecule has 188 valence electrons. The Morgan fingerprint density at radius 1 is 0.944 bits per heavy atom. The number of nitrogens with one attached hydrogen (secondary N) is 1. The van der Waals surface area contributed by atoms with E-state index in [0.29, 0.717) is 30.2 Å². The van der Waals surface area contributed by atoms with E-state index in [1.54, 1.807) is 42.9 Å². The smallest absolute Gasteiger partial charge is 0.243 e. The van der Waals surface area contributed by atoms with Gasteiger partial charge in [-0.1, -0.05) is 12.1 Å². The van der Waals surface area contributed by atoms with Crippen LogP contribution in [-0.2, 0) is 27.8 Å². The summed E-state index contributed by atoms with van der Waals surface area (Å²) in [7, 11) is -3.60. The van der Waals surface area contributed by atoms with Crippen molar-refractivity contribution in [1.29, 1.82) is 0 Å². The quantitative estimate of drug-likeness (QED) is 0.215. The van der Waals surface area contributed by atoms with E-state index in [9.17, 15) is 8.42 Å². The minimum absolute atomic E-state index is 0. The molecule has 5 rings (SSSR count). The van der Waals surface area contributed by atoms with Gasteiger partial charge in [0, 0.05) is 18.9 Å². The lowest BCUT2D eigenvalue weighted by molar-refractivity contribution is -0.116. The van der Waals surface area contributed by atoms with Crippen LogP contribution < -0.4 is 10.2 Å². The molecule has 0 spiro atoms. The second-order valence-electron chi connectivity index (χ2n) is 7.54. The first-order valence-electron chi connectivity index (χ1n) is 10.7. The first kappa shape index (κ1) is 26.9. The van der Waals surface area contributed by atoms with Crippen molar-refractivity contribution in [1.82, 2.24) is 14.8 Å². The summed E-state index contributed by atoms with van der Waals surface area (Å²) in [5.41, 5.74) is 4.47. The molecule has 36 heavy (non-hydrogen) atoms. The molecule has 9 nitrogen and oxygen atoms in total. The third kappa shape index (κ3) is 6.29. The van der Waals surface area contributed by atoms with Crippen LogP contribution in [0.5, 0.6) is 11.5 Å². The van der Waals surface area contributed by atoms with Crippen molar-refractivity contribution in [3.8, 4) is 22.6 Å². The fourth-order valence-corrected chi connectivity index (χ4v) is 5.04. The summed E-state index contributed by atoms with van der Waals surface area (Å²) in [6, 6.07) is 20.0. The maximum atomic E-state index is 13.0. The monoisotopic (exact) mass is 529 g/mol. The lowest BCUT2D eigenvalue weighted by atomic mass is 10.1. The molecule has 0 fully saturated rings. The van der Waals surface area contributed by atoms with Crippen molar-refractivity contribution >= 4 is 28.8 Å². The normalized spacial score (nSPS) is 12.8. The van der Waals surface area contributed by atoms with Gasteiger partial charge in [0.05, 0.1) is 17.7 Å². The van der Waals surface area contributed by atoms with E-state index in [0.717, 1.165) is 16.7 Å². The van der Waals surface area contributed by atoms with Gasteiger partial charge in [-0.15, -0.1) is 12.4 Å². The molecule has 1 aliphatic rings. The maximum Gasteiger partial charge on any atom is 0.243 e. The summed E-state index contributed by atoms with van der Waals surface area (Å²) in [5, 5.41) is 7.26. The molecule has 0 saturated heterocycles. The van der Waals surface area contributed by atoms with Crippen LogP contribution in [0.2, 0.25) is 0 Å². The molecule has 4 aromatic rings. The summed E-state index contributed by atoms with van der Waals surface area (Å²) < 4.78 is 38.7. The number of rotatable bonds is 6. The Morgan fingerprint density at radius 3 is 2.14 bits per heavy atom. The summed E-state index contributed by atoms with van der Waals surface area (Å²) >= 11 is 0. The van der Waals surface area contributed by atoms with Crippen LogP contribution in [0.25, 0.3) is 11.1 Å². The Kier molecular flexibility index (Phi) is 9.20. The number of furan rings is 1. The van der Waals surface area contributed by atoms with Crippen LogP contribution in [0.3, 0.4) is 0 Å². The van der Waals surface area contributed by atoms with Gasteiger partial charge in [-0.2, -0.15) is 4.31 Å². The SMILES string of the molecule is Cl.O=CNO.O=S(=O)(c1ccc(Oc2ccc(-c3ccncc3)cc2)cc1)N1CCc2ccoc2C1. The molecule has 2 N–H and O–H groups in total. The molecular formula is C25H24ClN3O6S. The molecule has 0 unspecified atom stereocenters. The van der Waals surface area contributed by atoms with Gasteiger partial charge in [0.25, 0.3) is 0 Å². The van der Waals surface area contributed by atoms with Crippen molar-refractivity contribution in [3.05, 3.63) is 96.7 Å². The van der Waals surface area contributed by atoms with Crippen molar-refractivity contribution in [2.24, 2.45) is 0 Å². The van der Waals surface area contributed by atoms with Gasteiger partial charge in [0.15, 0.2) is 0 Å². The highest BCUT2D eigenvalue weighted by molar-refractivity contribution is 7.89. The predicted octanol–water partition coefficient (Wildman–Crippen LogP) is 4.42. The largest absolute Gasteiger partial charge is 0.468 e. The zero-order valence-corrected chi connectivity index (χ0v) is 20.6. The van der Waals surface area contributed by atoms with E-state index in [4.69, 9.17) is 19.2 Å². The highest BCUT2D eigenvalue weighted by atomic mass is 35.5. The van der Waals surface area contributed by atoms with Gasteiger partial charge < -0.3 is 9.15 Å². The third-order valence-electron chi connectivity index (χ3n) is 5.41. The topological polar surface area (TPSA) is 122 Å². The Bertz CT molecular complexity index is 1360. The van der Waals surface area contributed by atoms with Crippen LogP contribution in [0.4, 0.5) is 0 Å². The van der Waals surface area contributed by atoms with E-state index in [1.807, 2.05) is 42.5 Å². The second-order valence-corrected chi connectivity index (χ2v) is 9.48. The first-order valence-corrected chi connectivity index (χ1v) is 12.1. The number of hydrogen-bond donors (Lipinski definition) is 2. The van der Waals surface area contributed by atoms with Gasteiger partial charge in [0.1, 0.15) is 17.3 Å². The van der Waals surface area contributed by atoms with Gasteiger partial charge in [-0.3, -0.25) is 15.0 Å². The molecule has 0 atom stereocenters. The highest BCUT2D eigenvalue weighted by Crippen LogP contribution is 2.29. The minimum atomic E-state index is -3.60. The number of nitrogens with zero attached hydrogens (tertiary/aromatic N) is 2. The van der Waals surface area contributed by atoms with Crippen molar-refractivity contribution in [2.75, 3.05) is 6.54 Å². The van der Waals surface area contributed by atoms with Crippen LogP contribution in [0, 0.1) is 0 Å². The van der Waals surface area contributed by atoms with Gasteiger partial charge in [-0.05, 0) is 77.7 Å². The van der Waals surface area contributed by atoms with Gasteiger partial charge in [0.2, 0.25) is 16.4 Å². The average molecular weight is 530 g/mol. The number of aromatic nitrogens is 1. The number of sulfonamides is 1. The Balaban J connectivity index is 0.000000674. The van der Waals surface area contributed by atoms with Crippen molar-refractivity contribution < 1.29 is 27.6 Å². The lowest BCUT2D eigenvalue weighted by Gasteiger charge is -2.25. The molecular weight excluding hydrogens is 506 g/mol. The molecule has 3 heterocycles. The Labute approximate surface area is 214 Å². The number of carbonyl (C=O) groups is 1. The number of hydrogen-bond acceptors (Lipinski definition) is 7. The van der Waals surface area contributed by atoms with E-state index in [-0.39, 0.29) is 30.3 Å². The maximum absolute atomic E-state index is 13.0. The summed E-state index contributed by atoms with van der Waals surface area (Å²) in [6.07, 6.45) is 5.96. The third-order valence-corrected chi connectivity index (χ3v) is 7.27. The lowest BCUT2D eigenvalue weighted by Crippen LogP contribution is -2.35. The Morgan fingerprint density at radius 2 is 1.53 bits per heavy atom. The number of ether oxygens (including phenoxy) is 1. The summed E-state index contributed by atoms with van der Waals surface area (Å²) in [4.78, 5) is 13.1. The van der Waals surface area contributed by atoms with Crippen LogP contribution in [0.15, 0.2) is 94.7 Å². The molecule has 0 aliphatic carbocycles. The zero-order valence-electron chi connectivity index (χ0n) is 19.0. The molecule has 0 radical (unpaired) electrons. The van der Waals surface area contributed by atoms with Crippen LogP contribution in [0.1, 0.15) is 11.3 Å². The van der Waals surface area contributed by atoms with E-state index in [1.165, 1.54) is 9.79 Å². The highest BCUT2D eigenvalue weighted by Gasteiger charge is 2.29. The summed E-state index contributed by atoms with van der Waals surface area (Å²) in [5.74, 6) is 1.96. The predicted molar refractivity (Wildman–Crippen MR) is 134 cm³/mol. The number of benzene rings is 2. The molecule has 2 aromatic carbocycles. The fraction of sp³-hybridized carbons (Fsp3) is 0.120. The van der Waals surface area contributed by atoms with E-state index >= 15 is 0 Å². The molecule has 0 bridgehead atoms. The van der Waals surface area contributed by atoms with Gasteiger partial charge in [-0.25, -0.2) is 13.9 Å². The van der Waals surface area contributed by atoms with E-state index in [2.05, 4.69) is 4.98 Å². The molecule has 1 amide bonds. The van der Waals surface area contributed by atoms with Crippen molar-refractivity contribution in [2.45, 2.75) is 17.9 Å². The number of amides is 1. The summed E-state index contributed by atoms with van der Waals surface area (Å²) in [6.45, 7) is 0.698. The minimum Gasteiger partial charge on any atom is -0.468 e. The van der Waals surface area contributed by atoms with E-state index < -0.39 is 10.0 Å². The zero-order chi connectivity index (χ0) is 24.7. The average Bonchev–Trinajstić information content (AvgIpc) is 3.38. The number of pyridine rings is 1. The fourth-order valence-electron chi connectivity index (χ4n) is 3.64. The molecule has 11 heteroatoms. The molecule has 2 aromatic heterocycles. The number of carbonyl (C=O) groups excluding carboxylic acids is 1. The van der Waals surface area contributed by atoms with Crippen LogP contribution >= 0.6 is 12.4 Å². The second kappa shape index (κ2) is 12.3. The van der Waals surface area contributed by atoms with Crippen LogP contribution in [-0.4, -0.2) is 35.9 Å². The number of halogens is 1. The Hall–Kier alpha value is -3.70. The number of hydroxylamine groups is 1. The number of fused-ring (bicyclic) bond motifs is 1. The van der Waals surface area contributed by atoms with Crippen molar-refractivity contribution in [3.63, 3.8) is 0 Å². The first-order chi connectivity index (χ1) is 17.0. The van der Waals surface area contributed by atoms with Gasteiger partial charge >= 0.3 is 0 Å². The molecule has 1 aliphatic heterocycles. The standard InChI is InChI=1S/C24H20N2O4S.CH3NO2.ClH/c27-31(28,26-15-11-20-12-16-29-24(20)17-26)23-7-5-22(6-8-23)30-21-3-1-18(2-4-21)19-9-13-25-14-10-19;3-1-2-4;/h1-10,12-14,16H,11,15,17H2;1,4H,(H,2,3);1H. The molecule has 0 saturated carbocycles.